The van der Waals surface area contributed by atoms with Crippen LogP contribution in [0.4, 0.5) is 25.8 Å². The molecule has 0 fully saturated rings. The van der Waals surface area contributed by atoms with Gasteiger partial charge < -0.3 is 10.6 Å². The van der Waals surface area contributed by atoms with Crippen molar-refractivity contribution in [1.29, 1.82) is 0 Å². The maximum atomic E-state index is 13.7. The lowest BCUT2D eigenvalue weighted by Gasteiger charge is -2.15. The minimum absolute atomic E-state index is 0.0692. The zero-order chi connectivity index (χ0) is 23.7. The largest absolute Gasteiger partial charge is 0.350 e. The summed E-state index contributed by atoms with van der Waals surface area (Å²) in [6, 6.07) is 16.4. The number of hydrogen-bond donors (Lipinski definition) is 2. The number of rotatable bonds is 5. The fourth-order valence-electron chi connectivity index (χ4n) is 3.48. The molecule has 0 aliphatic carbocycles. The van der Waals surface area contributed by atoms with Crippen molar-refractivity contribution in [3.8, 4) is 0 Å². The van der Waals surface area contributed by atoms with E-state index in [4.69, 9.17) is 0 Å². The van der Waals surface area contributed by atoms with Gasteiger partial charge in [-0.05, 0) is 48.9 Å². The Kier molecular flexibility index (Phi) is 5.74. The minimum atomic E-state index is -1.09. The van der Waals surface area contributed by atoms with E-state index in [-0.39, 0.29) is 22.9 Å². The molecule has 1 heterocycles. The lowest BCUT2D eigenvalue weighted by Crippen LogP contribution is -2.32. The molecule has 33 heavy (non-hydrogen) atoms. The number of carbonyl (C=O) groups is 3. The zero-order valence-corrected chi connectivity index (χ0v) is 17.8. The second kappa shape index (κ2) is 8.66. The van der Waals surface area contributed by atoms with Crippen molar-refractivity contribution in [2.45, 2.75) is 13.8 Å². The molecule has 166 valence electrons. The fourth-order valence-corrected chi connectivity index (χ4v) is 3.48. The van der Waals surface area contributed by atoms with Crippen LogP contribution in [-0.2, 0) is 14.4 Å². The average molecular weight is 447 g/mol. The first-order chi connectivity index (χ1) is 15.7. The van der Waals surface area contributed by atoms with E-state index in [1.165, 1.54) is 13.0 Å². The van der Waals surface area contributed by atoms with E-state index in [9.17, 15) is 23.2 Å². The molecule has 8 heteroatoms. The average Bonchev–Trinajstić information content (AvgIpc) is 3.01. The van der Waals surface area contributed by atoms with Crippen molar-refractivity contribution in [2.75, 3.05) is 15.5 Å². The van der Waals surface area contributed by atoms with Gasteiger partial charge in [0.25, 0.3) is 11.8 Å². The zero-order valence-electron chi connectivity index (χ0n) is 17.8. The summed E-state index contributed by atoms with van der Waals surface area (Å²) in [6.45, 7) is 3.26. The molecular weight excluding hydrogens is 428 g/mol. The van der Waals surface area contributed by atoms with Crippen molar-refractivity contribution in [3.63, 3.8) is 0 Å². The van der Waals surface area contributed by atoms with E-state index < -0.39 is 23.4 Å². The molecule has 0 aromatic heterocycles. The number of anilines is 3. The molecule has 1 aliphatic heterocycles. The van der Waals surface area contributed by atoms with Gasteiger partial charge in [-0.3, -0.25) is 14.4 Å². The maximum absolute atomic E-state index is 13.7. The number of carbonyl (C=O) groups excluding carboxylic acids is 3. The van der Waals surface area contributed by atoms with Crippen LogP contribution < -0.4 is 15.5 Å². The number of nitrogens with one attached hydrogen (secondary N) is 2. The summed E-state index contributed by atoms with van der Waals surface area (Å²) in [4.78, 5) is 39.0. The van der Waals surface area contributed by atoms with Crippen LogP contribution in [0, 0.1) is 18.6 Å². The number of amides is 3. The van der Waals surface area contributed by atoms with E-state index >= 15 is 0 Å². The predicted molar refractivity (Wildman–Crippen MR) is 121 cm³/mol. The van der Waals surface area contributed by atoms with Crippen LogP contribution in [-0.4, -0.2) is 17.7 Å². The Bertz CT molecular complexity index is 1300. The monoisotopic (exact) mass is 447 g/mol. The van der Waals surface area contributed by atoms with E-state index in [1.807, 2.05) is 6.92 Å². The first-order valence-corrected chi connectivity index (χ1v) is 10.0. The van der Waals surface area contributed by atoms with Crippen LogP contribution in [0.3, 0.4) is 0 Å². The van der Waals surface area contributed by atoms with Crippen LogP contribution in [0.25, 0.3) is 5.57 Å². The van der Waals surface area contributed by atoms with Crippen molar-refractivity contribution in [2.24, 2.45) is 0 Å². The van der Waals surface area contributed by atoms with Gasteiger partial charge in [-0.2, -0.15) is 0 Å². The first kappa shape index (κ1) is 21.9. The summed E-state index contributed by atoms with van der Waals surface area (Å²) in [7, 11) is 0. The summed E-state index contributed by atoms with van der Waals surface area (Å²) in [5, 5.41) is 5.42. The van der Waals surface area contributed by atoms with Crippen LogP contribution in [0.1, 0.15) is 18.1 Å². The van der Waals surface area contributed by atoms with Crippen molar-refractivity contribution in [3.05, 3.63) is 95.2 Å². The summed E-state index contributed by atoms with van der Waals surface area (Å²) >= 11 is 0. The number of hydrogen-bond acceptors (Lipinski definition) is 4. The van der Waals surface area contributed by atoms with Crippen LogP contribution in [0.2, 0.25) is 0 Å². The topological polar surface area (TPSA) is 78.5 Å². The Morgan fingerprint density at radius 3 is 2.06 bits per heavy atom. The molecule has 2 N–H and O–H groups in total. The van der Waals surface area contributed by atoms with Crippen LogP contribution >= 0.6 is 0 Å². The second-order valence-electron chi connectivity index (χ2n) is 7.54. The summed E-state index contributed by atoms with van der Waals surface area (Å²) in [5.41, 5.74) is 2.39. The van der Waals surface area contributed by atoms with Crippen molar-refractivity contribution >= 4 is 40.4 Å². The molecule has 3 aromatic carbocycles. The summed E-state index contributed by atoms with van der Waals surface area (Å²) < 4.78 is 27.1. The van der Waals surface area contributed by atoms with Gasteiger partial charge >= 0.3 is 0 Å². The molecule has 0 radical (unpaired) electrons. The first-order valence-electron chi connectivity index (χ1n) is 10.0. The Hall–Kier alpha value is -4.33. The van der Waals surface area contributed by atoms with E-state index in [2.05, 4.69) is 10.6 Å². The molecule has 0 saturated heterocycles. The normalized spacial score (nSPS) is 13.5. The molecule has 1 aliphatic rings. The van der Waals surface area contributed by atoms with Gasteiger partial charge in [0.05, 0.1) is 11.3 Å². The highest BCUT2D eigenvalue weighted by Gasteiger charge is 2.40. The van der Waals surface area contributed by atoms with E-state index in [1.54, 1.807) is 48.5 Å². The van der Waals surface area contributed by atoms with Gasteiger partial charge in [-0.1, -0.05) is 29.8 Å². The Morgan fingerprint density at radius 1 is 0.818 bits per heavy atom. The molecule has 0 spiro atoms. The van der Waals surface area contributed by atoms with Gasteiger partial charge in [0.2, 0.25) is 5.91 Å². The molecule has 6 nitrogen and oxygen atoms in total. The number of benzene rings is 3. The van der Waals surface area contributed by atoms with Gasteiger partial charge in [-0.25, -0.2) is 13.7 Å². The van der Waals surface area contributed by atoms with Gasteiger partial charge in [0, 0.05) is 24.4 Å². The third kappa shape index (κ3) is 4.36. The number of halogens is 2. The fraction of sp³-hybridized carbons (Fsp3) is 0.0800. The second-order valence-corrected chi connectivity index (χ2v) is 7.54. The number of imide groups is 1. The smallest absolute Gasteiger partial charge is 0.282 e. The third-order valence-corrected chi connectivity index (χ3v) is 5.06. The molecule has 0 bridgehead atoms. The van der Waals surface area contributed by atoms with Gasteiger partial charge in [0.1, 0.15) is 5.70 Å². The lowest BCUT2D eigenvalue weighted by molar-refractivity contribution is -0.120. The van der Waals surface area contributed by atoms with Crippen molar-refractivity contribution < 1.29 is 23.2 Å². The van der Waals surface area contributed by atoms with Crippen LogP contribution in [0.15, 0.2) is 72.4 Å². The molecule has 3 aromatic rings. The molecule has 0 atom stereocenters. The third-order valence-electron chi connectivity index (χ3n) is 5.06. The Balaban J connectivity index is 1.79. The van der Waals surface area contributed by atoms with Gasteiger partial charge in [-0.15, -0.1) is 0 Å². The standard InChI is InChI=1S/C25H19F2N3O3/c1-14-3-10-19(11-4-14)30-24(32)22(16-5-7-17(8-6-16)28-15(2)31)23(25(30)33)29-18-9-12-20(26)21(27)13-18/h3-13,29H,1-2H3,(H,28,31). The summed E-state index contributed by atoms with van der Waals surface area (Å²) in [5.74, 6) is -3.57. The highest BCUT2D eigenvalue weighted by atomic mass is 19.2. The lowest BCUT2D eigenvalue weighted by atomic mass is 10.0. The minimum Gasteiger partial charge on any atom is -0.350 e. The molecule has 0 saturated carbocycles. The number of nitrogens with zero attached hydrogens (tertiary/aromatic N) is 1. The summed E-state index contributed by atoms with van der Waals surface area (Å²) in [6.07, 6.45) is 0. The SMILES string of the molecule is CC(=O)Nc1ccc(C2=C(Nc3ccc(F)c(F)c3)C(=O)N(c3ccc(C)cc3)C2=O)cc1. The highest BCUT2D eigenvalue weighted by molar-refractivity contribution is 6.46. The predicted octanol–water partition coefficient (Wildman–Crippen LogP) is 4.63. The van der Waals surface area contributed by atoms with E-state index in [0.29, 0.717) is 16.9 Å². The maximum Gasteiger partial charge on any atom is 0.282 e. The van der Waals surface area contributed by atoms with Gasteiger partial charge in [0.15, 0.2) is 11.6 Å². The Morgan fingerprint density at radius 2 is 1.45 bits per heavy atom. The molecule has 4 rings (SSSR count). The van der Waals surface area contributed by atoms with Crippen molar-refractivity contribution in [1.82, 2.24) is 0 Å². The molecule has 0 unspecified atom stereocenters. The molecule has 3 amide bonds. The van der Waals surface area contributed by atoms with E-state index in [0.717, 1.165) is 22.6 Å². The Labute approximate surface area is 188 Å². The quantitative estimate of drug-likeness (QED) is 0.559. The molecular formula is C25H19F2N3O3. The highest BCUT2D eigenvalue weighted by Crippen LogP contribution is 2.34. The number of aryl methyl sites for hydroxylation is 1. The van der Waals surface area contributed by atoms with Crippen LogP contribution in [0.5, 0.6) is 0 Å².